The molecule has 1 heterocycles. The summed E-state index contributed by atoms with van der Waals surface area (Å²) in [6.07, 6.45) is 4.44. The van der Waals surface area contributed by atoms with Crippen LogP contribution in [-0.4, -0.2) is 16.8 Å². The van der Waals surface area contributed by atoms with E-state index in [9.17, 15) is 9.59 Å². The van der Waals surface area contributed by atoms with Crippen molar-refractivity contribution in [2.45, 2.75) is 38.6 Å². The number of benzene rings is 1. The highest BCUT2D eigenvalue weighted by Gasteiger charge is 2.30. The van der Waals surface area contributed by atoms with Crippen LogP contribution in [0.25, 0.3) is 0 Å². The van der Waals surface area contributed by atoms with Gasteiger partial charge >= 0.3 is 0 Å². The van der Waals surface area contributed by atoms with Crippen LogP contribution in [0.15, 0.2) is 35.8 Å². The van der Waals surface area contributed by atoms with Crippen LogP contribution in [0.4, 0.5) is 5.69 Å². The molecule has 24 heavy (non-hydrogen) atoms. The molecule has 2 amide bonds. The predicted octanol–water partition coefficient (Wildman–Crippen LogP) is 3.55. The highest BCUT2D eigenvalue weighted by molar-refractivity contribution is 7.09. The highest BCUT2D eigenvalue weighted by Crippen LogP contribution is 2.30. The molecule has 126 valence electrons. The Morgan fingerprint density at radius 2 is 2.00 bits per heavy atom. The first-order valence-electron chi connectivity index (χ1n) is 8.15. The molecule has 1 aliphatic rings. The van der Waals surface area contributed by atoms with Crippen LogP contribution in [-0.2, 0) is 10.3 Å². The van der Waals surface area contributed by atoms with Crippen molar-refractivity contribution in [3.8, 4) is 0 Å². The van der Waals surface area contributed by atoms with Crippen molar-refractivity contribution in [1.82, 2.24) is 10.3 Å². The summed E-state index contributed by atoms with van der Waals surface area (Å²) in [6.45, 7) is 4.01. The van der Waals surface area contributed by atoms with Crippen LogP contribution in [0.3, 0.4) is 0 Å². The maximum absolute atomic E-state index is 12.5. The molecule has 1 fully saturated rings. The monoisotopic (exact) mass is 343 g/mol. The van der Waals surface area contributed by atoms with Crippen LogP contribution in [0.5, 0.6) is 0 Å². The lowest BCUT2D eigenvalue weighted by Crippen LogP contribution is -2.43. The fourth-order valence-corrected chi connectivity index (χ4v) is 3.23. The van der Waals surface area contributed by atoms with Crippen molar-refractivity contribution in [1.29, 1.82) is 0 Å². The molecule has 2 N–H and O–H groups in total. The largest absolute Gasteiger partial charge is 0.340 e. The second-order valence-corrected chi connectivity index (χ2v) is 7.21. The van der Waals surface area contributed by atoms with Crippen molar-refractivity contribution >= 4 is 28.8 Å². The van der Waals surface area contributed by atoms with E-state index in [0.717, 1.165) is 30.0 Å². The minimum Gasteiger partial charge on any atom is -0.340 e. The van der Waals surface area contributed by atoms with Gasteiger partial charge in [0.15, 0.2) is 0 Å². The lowest BCUT2D eigenvalue weighted by molar-refractivity contribution is -0.117. The molecule has 0 aliphatic heterocycles. The average molecular weight is 343 g/mol. The van der Waals surface area contributed by atoms with E-state index in [2.05, 4.69) is 15.6 Å². The summed E-state index contributed by atoms with van der Waals surface area (Å²) in [4.78, 5) is 28.6. The molecule has 0 unspecified atom stereocenters. The van der Waals surface area contributed by atoms with Crippen molar-refractivity contribution in [3.63, 3.8) is 0 Å². The summed E-state index contributed by atoms with van der Waals surface area (Å²) in [7, 11) is 0. The Kier molecular flexibility index (Phi) is 4.66. The van der Waals surface area contributed by atoms with Gasteiger partial charge in [-0.1, -0.05) is 6.92 Å². The molecule has 0 radical (unpaired) electrons. The van der Waals surface area contributed by atoms with Gasteiger partial charge in [0, 0.05) is 28.7 Å². The Hall–Kier alpha value is -2.21. The summed E-state index contributed by atoms with van der Waals surface area (Å²) in [5, 5.41) is 8.75. The Morgan fingerprint density at radius 1 is 1.29 bits per heavy atom. The molecule has 1 aromatic heterocycles. The van der Waals surface area contributed by atoms with Crippen molar-refractivity contribution in [3.05, 3.63) is 46.4 Å². The van der Waals surface area contributed by atoms with Gasteiger partial charge in [-0.15, -0.1) is 11.3 Å². The molecule has 1 aromatic carbocycles. The molecule has 6 heteroatoms. The first-order valence-corrected chi connectivity index (χ1v) is 9.03. The maximum atomic E-state index is 12.5. The minimum absolute atomic E-state index is 0.0644. The quantitative estimate of drug-likeness (QED) is 0.842. The fraction of sp³-hybridized carbons (Fsp3) is 0.389. The lowest BCUT2D eigenvalue weighted by Gasteiger charge is -2.27. The Bertz CT molecular complexity index is 723. The van der Waals surface area contributed by atoms with E-state index in [1.165, 1.54) is 11.3 Å². The van der Waals surface area contributed by atoms with Crippen LogP contribution < -0.4 is 10.6 Å². The lowest BCUT2D eigenvalue weighted by atomic mass is 9.99. The average Bonchev–Trinajstić information content (AvgIpc) is 3.29. The van der Waals surface area contributed by atoms with Gasteiger partial charge < -0.3 is 10.6 Å². The number of carbonyl (C=O) groups excluding carboxylic acids is 2. The number of anilines is 1. The third kappa shape index (κ3) is 3.64. The molecule has 1 aliphatic carbocycles. The van der Waals surface area contributed by atoms with E-state index in [1.54, 1.807) is 30.5 Å². The van der Waals surface area contributed by atoms with Gasteiger partial charge in [-0.2, -0.15) is 0 Å². The van der Waals surface area contributed by atoms with E-state index >= 15 is 0 Å². The molecule has 1 atom stereocenters. The SMILES string of the molecule is CC[C@@](C)(NC(=O)c1ccc(NC(=O)C2CC2)cc1)c1nccs1. The Balaban J connectivity index is 1.67. The number of aromatic nitrogens is 1. The number of nitrogens with zero attached hydrogens (tertiary/aromatic N) is 1. The van der Waals surface area contributed by atoms with E-state index in [0.29, 0.717) is 5.56 Å². The number of rotatable bonds is 6. The number of thiazole rings is 1. The van der Waals surface area contributed by atoms with Crippen molar-refractivity contribution in [2.24, 2.45) is 5.92 Å². The topological polar surface area (TPSA) is 71.1 Å². The van der Waals surface area contributed by atoms with E-state index in [4.69, 9.17) is 0 Å². The molecular weight excluding hydrogens is 322 g/mol. The molecule has 2 aromatic rings. The number of carbonyl (C=O) groups is 2. The van der Waals surface area contributed by atoms with Gasteiger partial charge in [-0.05, 0) is 50.5 Å². The first-order chi connectivity index (χ1) is 11.5. The Morgan fingerprint density at radius 3 is 2.54 bits per heavy atom. The fourth-order valence-electron chi connectivity index (χ4n) is 2.41. The molecule has 0 saturated heterocycles. The summed E-state index contributed by atoms with van der Waals surface area (Å²) in [6, 6.07) is 7.00. The van der Waals surface area contributed by atoms with Gasteiger partial charge in [0.1, 0.15) is 5.01 Å². The maximum Gasteiger partial charge on any atom is 0.252 e. The zero-order valence-electron chi connectivity index (χ0n) is 13.8. The standard InChI is InChI=1S/C18H21N3O2S/c1-3-18(2,17-19-10-11-24-17)21-16(23)13-6-8-14(9-7-13)20-15(22)12-4-5-12/h6-12H,3-5H2,1-2H3,(H,20,22)(H,21,23)/t18-/m1/s1. The second kappa shape index (κ2) is 6.73. The number of hydrogen-bond donors (Lipinski definition) is 2. The second-order valence-electron chi connectivity index (χ2n) is 6.32. The van der Waals surface area contributed by atoms with Gasteiger partial charge in [-0.25, -0.2) is 4.98 Å². The number of amides is 2. The highest BCUT2D eigenvalue weighted by atomic mass is 32.1. The number of nitrogens with one attached hydrogen (secondary N) is 2. The van der Waals surface area contributed by atoms with E-state index in [1.807, 2.05) is 19.2 Å². The van der Waals surface area contributed by atoms with Gasteiger partial charge in [0.25, 0.3) is 5.91 Å². The molecular formula is C18H21N3O2S. The summed E-state index contributed by atoms with van der Waals surface area (Å²) in [5.74, 6) is 0.0840. The molecule has 1 saturated carbocycles. The minimum atomic E-state index is -0.482. The summed E-state index contributed by atoms with van der Waals surface area (Å²) < 4.78 is 0. The van der Waals surface area contributed by atoms with Crippen LogP contribution in [0.2, 0.25) is 0 Å². The molecule has 0 bridgehead atoms. The summed E-state index contributed by atoms with van der Waals surface area (Å²) in [5.41, 5.74) is 0.807. The molecule has 3 rings (SSSR count). The third-order valence-corrected chi connectivity index (χ3v) is 5.40. The van der Waals surface area contributed by atoms with Gasteiger partial charge in [0.2, 0.25) is 5.91 Å². The predicted molar refractivity (Wildman–Crippen MR) is 95.0 cm³/mol. The van der Waals surface area contributed by atoms with Crippen molar-refractivity contribution < 1.29 is 9.59 Å². The first kappa shape index (κ1) is 16.6. The smallest absolute Gasteiger partial charge is 0.252 e. The third-order valence-electron chi connectivity index (χ3n) is 4.36. The van der Waals surface area contributed by atoms with Crippen LogP contribution in [0.1, 0.15) is 48.5 Å². The summed E-state index contributed by atoms with van der Waals surface area (Å²) >= 11 is 1.54. The number of hydrogen-bond acceptors (Lipinski definition) is 4. The normalized spacial score (nSPS) is 16.2. The van der Waals surface area contributed by atoms with Gasteiger partial charge in [0.05, 0.1) is 5.54 Å². The van der Waals surface area contributed by atoms with Crippen molar-refractivity contribution in [2.75, 3.05) is 5.32 Å². The van der Waals surface area contributed by atoms with E-state index < -0.39 is 5.54 Å². The van der Waals surface area contributed by atoms with Crippen LogP contribution >= 0.6 is 11.3 Å². The Labute approximate surface area is 145 Å². The zero-order chi connectivity index (χ0) is 17.2. The molecule has 0 spiro atoms. The van der Waals surface area contributed by atoms with Crippen LogP contribution in [0, 0.1) is 5.92 Å². The van der Waals surface area contributed by atoms with E-state index in [-0.39, 0.29) is 17.7 Å². The molecule has 5 nitrogen and oxygen atoms in total. The zero-order valence-corrected chi connectivity index (χ0v) is 14.7. The van der Waals surface area contributed by atoms with Gasteiger partial charge in [-0.3, -0.25) is 9.59 Å².